The van der Waals surface area contributed by atoms with Crippen molar-refractivity contribution in [3.05, 3.63) is 112 Å². The number of ether oxygens (including phenoxy) is 1. The number of carbonyl (C=O) groups excluding carboxylic acids is 1. The van der Waals surface area contributed by atoms with Crippen LogP contribution in [0.2, 0.25) is 0 Å². The first-order valence-electron chi connectivity index (χ1n) is 8.08. The molecule has 0 unspecified atom stereocenters. The zero-order chi connectivity index (χ0) is 19.1. The van der Waals surface area contributed by atoms with Crippen LogP contribution in [0.25, 0.3) is 6.08 Å². The highest BCUT2D eigenvalue weighted by Crippen LogP contribution is 2.24. The molecule has 0 saturated heterocycles. The maximum Gasteiger partial charge on any atom is 0.265 e. The van der Waals surface area contributed by atoms with Crippen molar-refractivity contribution in [3.8, 4) is 5.75 Å². The molecule has 5 nitrogen and oxygen atoms in total. The normalized spacial score (nSPS) is 11.0. The number of nitrogens with zero attached hydrogens (tertiary/aromatic N) is 1. The summed E-state index contributed by atoms with van der Waals surface area (Å²) in [6.45, 7) is 0. The first kappa shape index (κ1) is 18.4. The molecule has 3 aromatic rings. The number of ketones is 1. The molecule has 0 aliphatic carbocycles. The van der Waals surface area contributed by atoms with Gasteiger partial charge in [0.05, 0.1) is 4.90 Å². The number of allylic oxidation sites excluding steroid dienone is 1. The highest BCUT2D eigenvalue weighted by molar-refractivity contribution is 7.93. The van der Waals surface area contributed by atoms with Gasteiger partial charge in [0.15, 0.2) is 5.76 Å². The van der Waals surface area contributed by atoms with E-state index in [0.717, 1.165) is 5.56 Å². The number of benzene rings is 3. The molecule has 0 N–H and O–H groups in total. The molecule has 0 spiro atoms. The van der Waals surface area contributed by atoms with E-state index in [4.69, 9.17) is 4.74 Å². The van der Waals surface area contributed by atoms with Crippen molar-refractivity contribution in [1.82, 2.24) is 0 Å². The van der Waals surface area contributed by atoms with Crippen LogP contribution >= 0.6 is 11.9 Å². The average Bonchev–Trinajstić information content (AvgIpc) is 2.69. The first-order chi connectivity index (χ1) is 13.1. The SMILES string of the molecule is O=C(/C(=C/c1ccccc1)Oc1ccc(S[N+](=O)[O-])cc1)c1ccccc1. The molecule has 3 aromatic carbocycles. The molecule has 6 heteroatoms. The van der Waals surface area contributed by atoms with E-state index >= 15 is 0 Å². The van der Waals surface area contributed by atoms with Crippen molar-refractivity contribution in [2.45, 2.75) is 4.90 Å². The van der Waals surface area contributed by atoms with Gasteiger partial charge in [0.1, 0.15) is 10.1 Å². The van der Waals surface area contributed by atoms with Crippen LogP contribution in [0, 0.1) is 10.1 Å². The van der Waals surface area contributed by atoms with Crippen LogP contribution in [0.1, 0.15) is 15.9 Å². The van der Waals surface area contributed by atoms with Gasteiger partial charge in [-0.05, 0) is 35.9 Å². The molecule has 0 heterocycles. The van der Waals surface area contributed by atoms with Crippen LogP contribution in [0.4, 0.5) is 0 Å². The Labute approximate surface area is 160 Å². The van der Waals surface area contributed by atoms with Crippen LogP contribution in [0.15, 0.2) is 95.6 Å². The van der Waals surface area contributed by atoms with Crippen LogP contribution in [0.3, 0.4) is 0 Å². The first-order valence-corrected chi connectivity index (χ1v) is 8.86. The molecule has 0 bridgehead atoms. The third-order valence-corrected chi connectivity index (χ3v) is 4.22. The van der Waals surface area contributed by atoms with Crippen molar-refractivity contribution in [1.29, 1.82) is 0 Å². The fraction of sp³-hybridized carbons (Fsp3) is 0. The lowest BCUT2D eigenvalue weighted by molar-refractivity contribution is -0.284. The summed E-state index contributed by atoms with van der Waals surface area (Å²) in [6.07, 6.45) is 1.68. The van der Waals surface area contributed by atoms with Crippen molar-refractivity contribution in [3.63, 3.8) is 0 Å². The molecule has 0 aromatic heterocycles. The maximum absolute atomic E-state index is 12.9. The number of hydrogen-bond donors (Lipinski definition) is 0. The summed E-state index contributed by atoms with van der Waals surface area (Å²) >= 11 is 0.517. The molecule has 0 aliphatic rings. The smallest absolute Gasteiger partial charge is 0.265 e. The third-order valence-electron chi connectivity index (χ3n) is 3.59. The molecule has 27 heavy (non-hydrogen) atoms. The lowest BCUT2D eigenvalue weighted by atomic mass is 10.1. The van der Waals surface area contributed by atoms with Gasteiger partial charge >= 0.3 is 0 Å². The summed E-state index contributed by atoms with van der Waals surface area (Å²) in [7, 11) is 0. The Hall–Kier alpha value is -3.38. The predicted molar refractivity (Wildman–Crippen MR) is 105 cm³/mol. The molecule has 134 valence electrons. The minimum absolute atomic E-state index is 0.169. The summed E-state index contributed by atoms with van der Waals surface area (Å²) in [4.78, 5) is 23.9. The van der Waals surface area contributed by atoms with Gasteiger partial charge in [-0.1, -0.05) is 60.7 Å². The zero-order valence-electron chi connectivity index (χ0n) is 14.1. The Balaban J connectivity index is 1.89. The average molecular weight is 377 g/mol. The summed E-state index contributed by atoms with van der Waals surface area (Å²) in [5.74, 6) is 0.347. The van der Waals surface area contributed by atoms with Gasteiger partial charge in [0, 0.05) is 5.56 Å². The third kappa shape index (κ3) is 5.29. The standard InChI is InChI=1S/C21H15NO4S/c23-21(17-9-5-2-6-10-17)20(15-16-7-3-1-4-8-16)26-18-11-13-19(14-12-18)27-22(24)25/h1-15H/b20-15-. The van der Waals surface area contributed by atoms with E-state index in [2.05, 4.69) is 0 Å². The highest BCUT2D eigenvalue weighted by Gasteiger charge is 2.15. The largest absolute Gasteiger partial charge is 0.453 e. The number of hydrogen-bond acceptors (Lipinski definition) is 5. The fourth-order valence-electron chi connectivity index (χ4n) is 2.36. The number of nitro groups is 1. The van der Waals surface area contributed by atoms with E-state index in [-0.39, 0.29) is 11.5 Å². The maximum atomic E-state index is 12.9. The number of Topliss-reactive ketones (excluding diaryl/α,β-unsaturated/α-hetero) is 1. The van der Waals surface area contributed by atoms with E-state index in [1.807, 2.05) is 36.4 Å². The lowest BCUT2D eigenvalue weighted by Gasteiger charge is -2.10. The van der Waals surface area contributed by atoms with Crippen molar-refractivity contribution in [2.24, 2.45) is 0 Å². The minimum atomic E-state index is -0.477. The molecule has 0 atom stereocenters. The van der Waals surface area contributed by atoms with Crippen molar-refractivity contribution < 1.29 is 13.9 Å². The molecule has 0 radical (unpaired) electrons. The van der Waals surface area contributed by atoms with Crippen LogP contribution in [-0.2, 0) is 0 Å². The Morgan fingerprint density at radius 3 is 2.07 bits per heavy atom. The Morgan fingerprint density at radius 1 is 0.889 bits per heavy atom. The van der Waals surface area contributed by atoms with Gasteiger partial charge in [-0.2, -0.15) is 0 Å². The topological polar surface area (TPSA) is 69.4 Å². The fourth-order valence-corrected chi connectivity index (χ4v) is 2.79. The molecule has 0 aliphatic heterocycles. The van der Waals surface area contributed by atoms with Gasteiger partial charge < -0.3 is 4.74 Å². The molecule has 0 amide bonds. The minimum Gasteiger partial charge on any atom is -0.453 e. The van der Waals surface area contributed by atoms with Crippen LogP contribution in [-0.4, -0.2) is 10.1 Å². The van der Waals surface area contributed by atoms with Gasteiger partial charge in [-0.3, -0.25) is 14.9 Å². The van der Waals surface area contributed by atoms with Gasteiger partial charge in [0.2, 0.25) is 5.78 Å². The Morgan fingerprint density at radius 2 is 1.48 bits per heavy atom. The second-order valence-corrected chi connectivity index (χ2v) is 6.45. The second-order valence-electron chi connectivity index (χ2n) is 5.50. The van der Waals surface area contributed by atoms with E-state index < -0.39 is 4.33 Å². The van der Waals surface area contributed by atoms with Crippen molar-refractivity contribution in [2.75, 3.05) is 0 Å². The summed E-state index contributed by atoms with van der Waals surface area (Å²) < 4.78 is 5.35. The van der Waals surface area contributed by atoms with Crippen molar-refractivity contribution >= 4 is 23.8 Å². The van der Waals surface area contributed by atoms with Gasteiger partial charge in [-0.25, -0.2) is 0 Å². The number of carbonyl (C=O) groups is 1. The Bertz CT molecular complexity index is 954. The molecular weight excluding hydrogens is 362 g/mol. The summed E-state index contributed by atoms with van der Waals surface area (Å²) in [5.41, 5.74) is 1.34. The predicted octanol–water partition coefficient (Wildman–Crippen LogP) is 5.27. The molecular formula is C21H15NO4S. The van der Waals surface area contributed by atoms with E-state index in [9.17, 15) is 14.9 Å². The van der Waals surface area contributed by atoms with E-state index in [1.54, 1.807) is 54.6 Å². The quantitative estimate of drug-likeness (QED) is 0.140. The summed E-state index contributed by atoms with van der Waals surface area (Å²) in [6, 6.07) is 24.6. The van der Waals surface area contributed by atoms with Gasteiger partial charge in [-0.15, -0.1) is 0 Å². The zero-order valence-corrected chi connectivity index (χ0v) is 15.0. The van der Waals surface area contributed by atoms with E-state index in [1.165, 1.54) is 0 Å². The molecule has 0 fully saturated rings. The highest BCUT2D eigenvalue weighted by atomic mass is 32.2. The lowest BCUT2D eigenvalue weighted by Crippen LogP contribution is -2.09. The Kier molecular flexibility index (Phi) is 6.02. The van der Waals surface area contributed by atoms with Gasteiger partial charge in [0.25, 0.3) is 11.9 Å². The molecule has 0 saturated carbocycles. The molecule has 3 rings (SSSR count). The monoisotopic (exact) mass is 377 g/mol. The second kappa shape index (κ2) is 8.82. The van der Waals surface area contributed by atoms with Crippen LogP contribution in [0.5, 0.6) is 5.75 Å². The van der Waals surface area contributed by atoms with E-state index in [0.29, 0.717) is 28.2 Å². The number of rotatable bonds is 7. The van der Waals surface area contributed by atoms with Crippen LogP contribution < -0.4 is 4.74 Å². The summed E-state index contributed by atoms with van der Waals surface area (Å²) in [5, 5.41) is 10.6.